The van der Waals surface area contributed by atoms with Crippen LogP contribution in [-0.2, 0) is 0 Å². The molecule has 86 heavy (non-hydrogen) atoms. The van der Waals surface area contributed by atoms with Gasteiger partial charge in [-0.05, 0) is 166 Å². The summed E-state index contributed by atoms with van der Waals surface area (Å²) in [6, 6.07) is 111. The monoisotopic (exact) mass is 1090 g/mol. The maximum absolute atomic E-state index is 5.05. The molecule has 0 aliphatic heterocycles. The Balaban J connectivity index is 0.662. The van der Waals surface area contributed by atoms with Crippen molar-refractivity contribution in [2.24, 2.45) is 0 Å². The number of fused-ring (bicyclic) bond motifs is 13. The van der Waals surface area contributed by atoms with Crippen molar-refractivity contribution in [2.45, 2.75) is 0 Å². The van der Waals surface area contributed by atoms with Crippen molar-refractivity contribution in [3.8, 4) is 67.4 Å². The van der Waals surface area contributed by atoms with Gasteiger partial charge in [0.15, 0.2) is 0 Å². The van der Waals surface area contributed by atoms with E-state index in [2.05, 4.69) is 322 Å². The molecule has 0 radical (unpaired) electrons. The molecule has 5 nitrogen and oxygen atoms in total. The smallest absolute Gasteiger partial charge is 0.0780 e. The Kier molecular flexibility index (Phi) is 10.6. The lowest BCUT2D eigenvalue weighted by Crippen LogP contribution is -1.95. The third kappa shape index (κ3) is 7.35. The summed E-state index contributed by atoms with van der Waals surface area (Å²) in [6.45, 7) is 0. The van der Waals surface area contributed by atoms with Gasteiger partial charge in [0, 0.05) is 83.0 Å². The van der Waals surface area contributed by atoms with Crippen molar-refractivity contribution in [1.29, 1.82) is 0 Å². The van der Waals surface area contributed by atoms with Gasteiger partial charge in [-0.25, -0.2) is 0 Å². The molecular weight excluding hydrogens is 1040 g/mol. The lowest BCUT2D eigenvalue weighted by Gasteiger charge is -2.13. The molecule has 0 unspecified atom stereocenters. The number of para-hydroxylation sites is 6. The fourth-order valence-electron chi connectivity index (χ4n) is 14.1. The van der Waals surface area contributed by atoms with Gasteiger partial charge in [-0.15, -0.1) is 0 Å². The number of rotatable bonds is 8. The van der Waals surface area contributed by atoms with Gasteiger partial charge in [0.25, 0.3) is 0 Å². The molecule has 0 aliphatic rings. The van der Waals surface area contributed by atoms with E-state index in [4.69, 9.17) is 4.98 Å². The molecular formula is C81H51N5. The molecule has 18 rings (SSSR count). The van der Waals surface area contributed by atoms with Crippen LogP contribution in [-0.4, -0.2) is 23.3 Å². The third-order valence-corrected chi connectivity index (χ3v) is 18.0. The predicted octanol–water partition coefficient (Wildman–Crippen LogP) is 21.3. The third-order valence-electron chi connectivity index (χ3n) is 18.0. The zero-order valence-electron chi connectivity index (χ0n) is 46.7. The molecule has 18 aromatic rings. The largest absolute Gasteiger partial charge is 0.309 e. The van der Waals surface area contributed by atoms with Gasteiger partial charge < -0.3 is 18.3 Å². The van der Waals surface area contributed by atoms with E-state index in [1.807, 2.05) is 6.20 Å². The van der Waals surface area contributed by atoms with Crippen molar-refractivity contribution >= 4 is 98.0 Å². The first-order valence-electron chi connectivity index (χ1n) is 29.5. The van der Waals surface area contributed by atoms with Crippen molar-refractivity contribution in [3.05, 3.63) is 310 Å². The van der Waals surface area contributed by atoms with Crippen LogP contribution in [0.15, 0.2) is 310 Å². The first-order valence-corrected chi connectivity index (χ1v) is 29.5. The minimum absolute atomic E-state index is 0.965. The van der Waals surface area contributed by atoms with Crippen LogP contribution in [0.2, 0.25) is 0 Å². The molecule has 0 aliphatic carbocycles. The maximum atomic E-state index is 5.05. The summed E-state index contributed by atoms with van der Waals surface area (Å²) >= 11 is 0. The van der Waals surface area contributed by atoms with Crippen LogP contribution in [0.5, 0.6) is 0 Å². The molecule has 5 heteroatoms. The van der Waals surface area contributed by atoms with E-state index in [9.17, 15) is 0 Å². The van der Waals surface area contributed by atoms with Gasteiger partial charge in [-0.1, -0.05) is 176 Å². The summed E-state index contributed by atoms with van der Waals surface area (Å²) in [6.07, 6.45) is 1.96. The Morgan fingerprint density at radius 3 is 0.872 bits per heavy atom. The van der Waals surface area contributed by atoms with E-state index in [1.165, 1.54) is 120 Å². The molecule has 0 bridgehead atoms. The number of pyridine rings is 1. The van der Waals surface area contributed by atoms with Gasteiger partial charge in [0.2, 0.25) is 0 Å². The lowest BCUT2D eigenvalue weighted by atomic mass is 9.96. The van der Waals surface area contributed by atoms with Crippen LogP contribution >= 0.6 is 0 Å². The highest BCUT2D eigenvalue weighted by Gasteiger charge is 2.20. The molecule has 5 heterocycles. The Morgan fingerprint density at radius 1 is 0.186 bits per heavy atom. The Bertz CT molecular complexity index is 5380. The van der Waals surface area contributed by atoms with E-state index in [1.54, 1.807) is 0 Å². The van der Waals surface area contributed by atoms with Crippen LogP contribution in [0.3, 0.4) is 0 Å². The Labute approximate surface area is 495 Å². The topological polar surface area (TPSA) is 32.6 Å². The van der Waals surface area contributed by atoms with Crippen LogP contribution < -0.4 is 0 Å². The molecule has 0 fully saturated rings. The zero-order chi connectivity index (χ0) is 56.4. The molecule has 13 aromatic carbocycles. The lowest BCUT2D eigenvalue weighted by molar-refractivity contribution is 1.18. The molecule has 0 saturated heterocycles. The summed E-state index contributed by atoms with van der Waals surface area (Å²) in [4.78, 5) is 5.05. The first-order chi connectivity index (χ1) is 42.7. The van der Waals surface area contributed by atoms with Gasteiger partial charge in [-0.3, -0.25) is 4.98 Å². The summed E-state index contributed by atoms with van der Waals surface area (Å²) in [5.41, 5.74) is 23.2. The highest BCUT2D eigenvalue weighted by Crippen LogP contribution is 2.42. The van der Waals surface area contributed by atoms with Gasteiger partial charge in [0.1, 0.15) is 0 Å². The van der Waals surface area contributed by atoms with Crippen LogP contribution in [0.4, 0.5) is 0 Å². The summed E-state index contributed by atoms with van der Waals surface area (Å²) in [5, 5.41) is 12.2. The number of aromatic nitrogens is 5. The SMILES string of the molecule is c1ccc(-n2c3ccccc3c3cc(-c4ccc5c(c4)c4ccccc4n5-c4ccc(-c5cccc6c(-c7ccc(-n8c9ccccc9c9cc(-c%10ccc%11c(c%10)c%10ccccc%10n%11-c%10ccccc%10)ccc98)cc7)nccc56)cc4)ccc32)cc1. The first kappa shape index (κ1) is 48.0. The fourth-order valence-corrected chi connectivity index (χ4v) is 14.1. The summed E-state index contributed by atoms with van der Waals surface area (Å²) in [5.74, 6) is 0. The molecule has 0 N–H and O–H groups in total. The fraction of sp³-hybridized carbons (Fsp3) is 0. The summed E-state index contributed by atoms with van der Waals surface area (Å²) in [7, 11) is 0. The average Bonchev–Trinajstić information content (AvgIpc) is 1.94. The van der Waals surface area contributed by atoms with Gasteiger partial charge in [-0.2, -0.15) is 0 Å². The zero-order valence-corrected chi connectivity index (χ0v) is 46.7. The number of hydrogen-bond donors (Lipinski definition) is 0. The van der Waals surface area contributed by atoms with E-state index in [0.717, 1.165) is 45.0 Å². The van der Waals surface area contributed by atoms with Crippen molar-refractivity contribution in [3.63, 3.8) is 0 Å². The molecule has 400 valence electrons. The predicted molar refractivity (Wildman–Crippen MR) is 361 cm³/mol. The van der Waals surface area contributed by atoms with E-state index in [-0.39, 0.29) is 0 Å². The Hall–Kier alpha value is -11.5. The van der Waals surface area contributed by atoms with Gasteiger partial charge >= 0.3 is 0 Å². The highest BCUT2D eigenvalue weighted by molar-refractivity contribution is 6.15. The minimum Gasteiger partial charge on any atom is -0.309 e. The van der Waals surface area contributed by atoms with E-state index in [0.29, 0.717) is 0 Å². The summed E-state index contributed by atoms with van der Waals surface area (Å²) < 4.78 is 9.56. The number of nitrogens with zero attached hydrogens (tertiary/aromatic N) is 5. The second kappa shape index (κ2) is 19.0. The maximum Gasteiger partial charge on any atom is 0.0780 e. The van der Waals surface area contributed by atoms with Crippen molar-refractivity contribution in [1.82, 2.24) is 23.3 Å². The molecule has 0 atom stereocenters. The molecule has 0 spiro atoms. The quantitative estimate of drug-likeness (QED) is 0.149. The molecule has 0 amide bonds. The van der Waals surface area contributed by atoms with E-state index < -0.39 is 0 Å². The van der Waals surface area contributed by atoms with Crippen LogP contribution in [0.25, 0.3) is 165 Å². The van der Waals surface area contributed by atoms with Crippen molar-refractivity contribution < 1.29 is 0 Å². The number of hydrogen-bond acceptors (Lipinski definition) is 1. The van der Waals surface area contributed by atoms with Crippen molar-refractivity contribution in [2.75, 3.05) is 0 Å². The second-order valence-corrected chi connectivity index (χ2v) is 22.7. The standard InChI is InChI=1S/C81H51N5/c1-3-16-58(17-4-1)83-73-26-11-7-20-64(73)69-48-54(34-42-77(69)83)56-36-44-79-71(50-56)66-22-9-13-28-75(66)85(79)60-38-30-52(31-39-60)62-24-15-25-68-63(62)46-47-82-81(68)53-32-40-61(41-33-53)86-76-29-14-10-23-67(76)72-51-57(37-45-80(72)86)55-35-43-78-70(49-55)65-21-8-12-27-74(65)84(78)59-18-5-2-6-19-59/h1-51H. The minimum atomic E-state index is 0.965. The second-order valence-electron chi connectivity index (χ2n) is 22.7. The van der Waals surface area contributed by atoms with Crippen LogP contribution in [0, 0.1) is 0 Å². The number of benzene rings is 13. The van der Waals surface area contributed by atoms with Crippen LogP contribution in [0.1, 0.15) is 0 Å². The highest BCUT2D eigenvalue weighted by atomic mass is 15.0. The van der Waals surface area contributed by atoms with Gasteiger partial charge in [0.05, 0.1) is 49.8 Å². The average molecular weight is 1090 g/mol. The molecule has 0 saturated carbocycles. The Morgan fingerprint density at radius 2 is 0.488 bits per heavy atom. The normalized spacial score (nSPS) is 12.0. The molecule has 5 aromatic heterocycles. The van der Waals surface area contributed by atoms with E-state index >= 15 is 0 Å².